The number of amides is 2. The number of pyridine rings is 1. The van der Waals surface area contributed by atoms with Crippen molar-refractivity contribution in [1.29, 1.82) is 0 Å². The third-order valence-electron chi connectivity index (χ3n) is 4.10. The molecule has 1 fully saturated rings. The molecule has 2 aromatic heterocycles. The summed E-state index contributed by atoms with van der Waals surface area (Å²) in [5.41, 5.74) is 1.27. The van der Waals surface area contributed by atoms with Crippen LogP contribution in [0.25, 0.3) is 0 Å². The summed E-state index contributed by atoms with van der Waals surface area (Å²) in [6, 6.07) is 5.76. The van der Waals surface area contributed by atoms with Crippen molar-refractivity contribution in [2.24, 2.45) is 0 Å². The maximum absolute atomic E-state index is 12.1. The molecule has 0 aromatic carbocycles. The number of carbonyl (C=O) groups excluding carboxylic acids is 1. The summed E-state index contributed by atoms with van der Waals surface area (Å²) in [6.07, 6.45) is 7.17. The van der Waals surface area contributed by atoms with Crippen LogP contribution < -0.4 is 10.6 Å². The van der Waals surface area contributed by atoms with Crippen molar-refractivity contribution < 1.29 is 4.79 Å². The highest BCUT2D eigenvalue weighted by Crippen LogP contribution is 2.13. The van der Waals surface area contributed by atoms with Crippen molar-refractivity contribution in [1.82, 2.24) is 25.2 Å². The Morgan fingerprint density at radius 3 is 2.67 bits per heavy atom. The van der Waals surface area contributed by atoms with Crippen LogP contribution in [-0.2, 0) is 6.54 Å². The fraction of sp³-hybridized carbons (Fsp3) is 0.412. The van der Waals surface area contributed by atoms with E-state index in [1.165, 1.54) is 5.56 Å². The van der Waals surface area contributed by atoms with E-state index in [1.54, 1.807) is 19.2 Å². The van der Waals surface area contributed by atoms with Crippen LogP contribution in [-0.4, -0.2) is 45.0 Å². The molecule has 0 radical (unpaired) electrons. The number of aryl methyl sites for hydroxylation is 1. The van der Waals surface area contributed by atoms with Gasteiger partial charge in [0.1, 0.15) is 11.6 Å². The van der Waals surface area contributed by atoms with E-state index in [0.29, 0.717) is 11.6 Å². The summed E-state index contributed by atoms with van der Waals surface area (Å²) in [5.74, 6) is 1.16. The molecule has 0 unspecified atom stereocenters. The van der Waals surface area contributed by atoms with Gasteiger partial charge in [-0.1, -0.05) is 0 Å². The predicted molar refractivity (Wildman–Crippen MR) is 91.5 cm³/mol. The molecule has 0 aliphatic carbocycles. The van der Waals surface area contributed by atoms with E-state index in [9.17, 15) is 4.79 Å². The molecule has 2 amide bonds. The van der Waals surface area contributed by atoms with Gasteiger partial charge >= 0.3 is 6.03 Å². The van der Waals surface area contributed by atoms with Gasteiger partial charge in [0, 0.05) is 44.3 Å². The highest BCUT2D eigenvalue weighted by Gasteiger charge is 2.20. The summed E-state index contributed by atoms with van der Waals surface area (Å²) < 4.78 is 0. The number of piperidine rings is 1. The van der Waals surface area contributed by atoms with Gasteiger partial charge in [-0.25, -0.2) is 14.8 Å². The number of anilines is 1. The zero-order chi connectivity index (χ0) is 16.8. The third-order valence-corrected chi connectivity index (χ3v) is 4.10. The van der Waals surface area contributed by atoms with Crippen LogP contribution in [0.4, 0.5) is 10.6 Å². The topological polar surface area (TPSA) is 83.0 Å². The quantitative estimate of drug-likeness (QED) is 0.897. The first kappa shape index (κ1) is 16.3. The van der Waals surface area contributed by atoms with Crippen LogP contribution in [0.2, 0.25) is 0 Å². The lowest BCUT2D eigenvalue weighted by Crippen LogP contribution is -2.45. The molecule has 1 aliphatic rings. The molecule has 3 heterocycles. The van der Waals surface area contributed by atoms with Crippen molar-refractivity contribution in [3.63, 3.8) is 0 Å². The molecule has 0 saturated carbocycles. The maximum Gasteiger partial charge on any atom is 0.320 e. The third kappa shape index (κ3) is 4.73. The van der Waals surface area contributed by atoms with Crippen LogP contribution in [0, 0.1) is 6.92 Å². The summed E-state index contributed by atoms with van der Waals surface area (Å²) in [7, 11) is 0. The molecule has 0 bridgehead atoms. The lowest BCUT2D eigenvalue weighted by atomic mass is 10.0. The molecule has 2 N–H and O–H groups in total. The van der Waals surface area contributed by atoms with Crippen molar-refractivity contribution in [3.8, 4) is 0 Å². The summed E-state index contributed by atoms with van der Waals surface area (Å²) in [4.78, 5) is 26.7. The number of nitrogens with one attached hydrogen (secondary N) is 2. The number of hydrogen-bond acceptors (Lipinski definition) is 5. The first-order valence-corrected chi connectivity index (χ1v) is 8.17. The van der Waals surface area contributed by atoms with Gasteiger partial charge in [0.15, 0.2) is 0 Å². The SMILES string of the molecule is Cc1nccc(NC(=O)NC2CCN(Cc3ccncc3)CC2)n1. The Bertz CT molecular complexity index is 670. The number of rotatable bonds is 4. The fourth-order valence-corrected chi connectivity index (χ4v) is 2.85. The highest BCUT2D eigenvalue weighted by atomic mass is 16.2. The summed E-state index contributed by atoms with van der Waals surface area (Å²) in [6.45, 7) is 4.67. The van der Waals surface area contributed by atoms with Gasteiger partial charge < -0.3 is 5.32 Å². The Hall–Kier alpha value is -2.54. The van der Waals surface area contributed by atoms with E-state index < -0.39 is 0 Å². The van der Waals surface area contributed by atoms with Gasteiger partial charge in [-0.15, -0.1) is 0 Å². The zero-order valence-corrected chi connectivity index (χ0v) is 13.8. The molecule has 2 aromatic rings. The normalized spacial score (nSPS) is 15.9. The monoisotopic (exact) mass is 326 g/mol. The Labute approximate surface area is 141 Å². The van der Waals surface area contributed by atoms with Gasteiger partial charge in [-0.3, -0.25) is 15.2 Å². The molecule has 0 spiro atoms. The fourth-order valence-electron chi connectivity index (χ4n) is 2.85. The van der Waals surface area contributed by atoms with E-state index in [2.05, 4.69) is 30.5 Å². The Morgan fingerprint density at radius 2 is 1.96 bits per heavy atom. The Kier molecular flexibility index (Phi) is 5.32. The minimum Gasteiger partial charge on any atom is -0.335 e. The minimum atomic E-state index is -0.208. The maximum atomic E-state index is 12.1. The van der Waals surface area contributed by atoms with Gasteiger partial charge in [-0.2, -0.15) is 0 Å². The molecule has 3 rings (SSSR count). The molecule has 7 nitrogen and oxygen atoms in total. The summed E-state index contributed by atoms with van der Waals surface area (Å²) >= 11 is 0. The second-order valence-corrected chi connectivity index (χ2v) is 5.99. The smallest absolute Gasteiger partial charge is 0.320 e. The number of nitrogens with zero attached hydrogens (tertiary/aromatic N) is 4. The van der Waals surface area contributed by atoms with Gasteiger partial charge in [-0.05, 0) is 43.5 Å². The summed E-state index contributed by atoms with van der Waals surface area (Å²) in [5, 5.41) is 5.78. The Balaban J connectivity index is 1.42. The van der Waals surface area contributed by atoms with Crippen LogP contribution in [0.15, 0.2) is 36.8 Å². The van der Waals surface area contributed by atoms with E-state index >= 15 is 0 Å². The average Bonchev–Trinajstić information content (AvgIpc) is 2.57. The first-order valence-electron chi connectivity index (χ1n) is 8.17. The number of urea groups is 1. The average molecular weight is 326 g/mol. The lowest BCUT2D eigenvalue weighted by molar-refractivity contribution is 0.190. The number of aromatic nitrogens is 3. The number of hydrogen-bond donors (Lipinski definition) is 2. The second kappa shape index (κ2) is 7.83. The van der Waals surface area contributed by atoms with Crippen LogP contribution in [0.3, 0.4) is 0 Å². The van der Waals surface area contributed by atoms with Crippen LogP contribution >= 0.6 is 0 Å². The first-order chi connectivity index (χ1) is 11.7. The second-order valence-electron chi connectivity index (χ2n) is 5.99. The van der Waals surface area contributed by atoms with Crippen molar-refractivity contribution in [2.75, 3.05) is 18.4 Å². The molecular weight excluding hydrogens is 304 g/mol. The molecule has 1 aliphatic heterocycles. The number of likely N-dealkylation sites (tertiary alicyclic amines) is 1. The molecule has 0 atom stereocenters. The van der Waals surface area contributed by atoms with Crippen LogP contribution in [0.5, 0.6) is 0 Å². The molecule has 24 heavy (non-hydrogen) atoms. The largest absolute Gasteiger partial charge is 0.335 e. The highest BCUT2D eigenvalue weighted by molar-refractivity contribution is 5.88. The van der Waals surface area contributed by atoms with Gasteiger partial charge in [0.25, 0.3) is 0 Å². The number of carbonyl (C=O) groups is 1. The lowest BCUT2D eigenvalue weighted by Gasteiger charge is -2.32. The standard InChI is InChI=1S/C17H22N6O/c1-13-19-9-4-16(20-13)22-17(24)21-15-5-10-23(11-6-15)12-14-2-7-18-8-3-14/h2-4,7-9,15H,5-6,10-12H2,1H3,(H2,19,20,21,22,24). The van der Waals surface area contributed by atoms with Crippen molar-refractivity contribution >= 4 is 11.8 Å². The molecule has 7 heteroatoms. The molecule has 1 saturated heterocycles. The molecule has 126 valence electrons. The van der Waals surface area contributed by atoms with E-state index in [4.69, 9.17) is 0 Å². The van der Waals surface area contributed by atoms with E-state index in [-0.39, 0.29) is 12.1 Å². The minimum absolute atomic E-state index is 0.196. The molecular formula is C17H22N6O. The van der Waals surface area contributed by atoms with Crippen LogP contribution in [0.1, 0.15) is 24.2 Å². The van der Waals surface area contributed by atoms with Crippen molar-refractivity contribution in [2.45, 2.75) is 32.4 Å². The predicted octanol–water partition coefficient (Wildman–Crippen LogP) is 1.97. The zero-order valence-electron chi connectivity index (χ0n) is 13.8. The van der Waals surface area contributed by atoms with E-state index in [1.807, 2.05) is 24.5 Å². The van der Waals surface area contributed by atoms with Crippen molar-refractivity contribution in [3.05, 3.63) is 48.2 Å². The van der Waals surface area contributed by atoms with E-state index in [0.717, 1.165) is 32.5 Å². The Morgan fingerprint density at radius 1 is 1.21 bits per heavy atom. The van der Waals surface area contributed by atoms with Gasteiger partial charge in [0.05, 0.1) is 0 Å². The van der Waals surface area contributed by atoms with Gasteiger partial charge in [0.2, 0.25) is 0 Å².